The molecule has 0 aliphatic heterocycles. The van der Waals surface area contributed by atoms with E-state index in [1.165, 1.54) is 167 Å². The third kappa shape index (κ3) is 38.9. The Kier molecular flexibility index (Phi) is 38.5. The molecule has 282 valence electrons. The molecular formula is C44H82O4. The maximum Gasteiger partial charge on any atom is 0.306 e. The third-order valence-electron chi connectivity index (χ3n) is 9.68. The first kappa shape index (κ1) is 46.4. The van der Waals surface area contributed by atoms with Crippen LogP contribution in [-0.4, -0.2) is 23.1 Å². The maximum absolute atomic E-state index is 12.5. The van der Waals surface area contributed by atoms with Gasteiger partial charge in [0, 0.05) is 12.8 Å². The predicted octanol–water partition coefficient (Wildman–Crippen LogP) is 14.8. The first-order chi connectivity index (χ1) is 23.6. The molecule has 0 saturated carbocycles. The molecule has 1 N–H and O–H groups in total. The summed E-state index contributed by atoms with van der Waals surface area (Å²) in [5, 5.41) is 9.04. The highest BCUT2D eigenvalue weighted by Gasteiger charge is 2.15. The van der Waals surface area contributed by atoms with Crippen molar-refractivity contribution in [3.8, 4) is 0 Å². The number of ether oxygens (including phenoxy) is 1. The standard InChI is InChI=1S/C44H82O4/c1-3-5-7-9-11-13-15-17-19-21-23-25-27-29-31-33-35-38-42(39-37-40-43(45)46)48-44(47)41-36-34-32-30-28-26-24-22-20-18-16-14-12-10-8-6-4-2/h12,14,18,20,42H,3-11,13,15-17,19,21-41H2,1-2H3,(H,45,46)/b14-12-,20-18-. The highest BCUT2D eigenvalue weighted by Crippen LogP contribution is 2.18. The molecule has 1 atom stereocenters. The zero-order chi connectivity index (χ0) is 35.0. The largest absolute Gasteiger partial charge is 0.481 e. The molecule has 0 aliphatic rings. The van der Waals surface area contributed by atoms with E-state index < -0.39 is 5.97 Å². The average Bonchev–Trinajstić information content (AvgIpc) is 3.07. The number of hydrogen-bond donors (Lipinski definition) is 1. The monoisotopic (exact) mass is 675 g/mol. The summed E-state index contributed by atoms with van der Waals surface area (Å²) < 4.78 is 5.85. The van der Waals surface area contributed by atoms with E-state index in [1.807, 2.05) is 0 Å². The van der Waals surface area contributed by atoms with Crippen LogP contribution in [0.25, 0.3) is 0 Å². The van der Waals surface area contributed by atoms with Crippen LogP contribution in [0.15, 0.2) is 24.3 Å². The molecule has 0 heterocycles. The number of carbonyl (C=O) groups is 2. The number of carboxylic acids is 1. The van der Waals surface area contributed by atoms with Crippen molar-refractivity contribution in [3.63, 3.8) is 0 Å². The summed E-state index contributed by atoms with van der Waals surface area (Å²) in [6.45, 7) is 4.53. The van der Waals surface area contributed by atoms with Gasteiger partial charge in [-0.3, -0.25) is 9.59 Å². The fourth-order valence-corrected chi connectivity index (χ4v) is 6.52. The van der Waals surface area contributed by atoms with Crippen molar-refractivity contribution in [2.75, 3.05) is 0 Å². The molecule has 0 fully saturated rings. The van der Waals surface area contributed by atoms with Crippen molar-refractivity contribution in [2.24, 2.45) is 0 Å². The van der Waals surface area contributed by atoms with Gasteiger partial charge in [-0.25, -0.2) is 0 Å². The molecule has 0 rings (SSSR count). The van der Waals surface area contributed by atoms with Gasteiger partial charge in [-0.15, -0.1) is 0 Å². The molecule has 0 bridgehead atoms. The number of carboxylic acid groups (broad SMARTS) is 1. The first-order valence-electron chi connectivity index (χ1n) is 21.3. The van der Waals surface area contributed by atoms with Crippen LogP contribution in [-0.2, 0) is 14.3 Å². The number of aliphatic carboxylic acids is 1. The smallest absolute Gasteiger partial charge is 0.306 e. The summed E-state index contributed by atoms with van der Waals surface area (Å²) in [6, 6.07) is 0. The number of esters is 1. The molecule has 0 aromatic carbocycles. The summed E-state index contributed by atoms with van der Waals surface area (Å²) >= 11 is 0. The highest BCUT2D eigenvalue weighted by molar-refractivity contribution is 5.69. The molecule has 0 aromatic rings. The van der Waals surface area contributed by atoms with Gasteiger partial charge >= 0.3 is 11.9 Å². The molecule has 0 aliphatic carbocycles. The van der Waals surface area contributed by atoms with Gasteiger partial charge in [0.25, 0.3) is 0 Å². The summed E-state index contributed by atoms with van der Waals surface area (Å²) in [4.78, 5) is 23.5. The van der Waals surface area contributed by atoms with Crippen molar-refractivity contribution in [1.82, 2.24) is 0 Å². The number of rotatable bonds is 39. The van der Waals surface area contributed by atoms with Crippen molar-refractivity contribution in [2.45, 2.75) is 245 Å². The van der Waals surface area contributed by atoms with Gasteiger partial charge in [0.15, 0.2) is 0 Å². The second-order valence-electron chi connectivity index (χ2n) is 14.5. The lowest BCUT2D eigenvalue weighted by Gasteiger charge is -2.18. The Morgan fingerprint density at radius 2 is 0.833 bits per heavy atom. The van der Waals surface area contributed by atoms with Gasteiger partial charge in [0.2, 0.25) is 0 Å². The van der Waals surface area contributed by atoms with Gasteiger partial charge in [-0.1, -0.05) is 186 Å². The first-order valence-corrected chi connectivity index (χ1v) is 21.3. The number of unbranched alkanes of at least 4 members (excludes halogenated alkanes) is 26. The summed E-state index contributed by atoms with van der Waals surface area (Å²) in [7, 11) is 0. The minimum Gasteiger partial charge on any atom is -0.481 e. The van der Waals surface area contributed by atoms with E-state index in [0.717, 1.165) is 32.1 Å². The van der Waals surface area contributed by atoms with Crippen LogP contribution in [0, 0.1) is 0 Å². The maximum atomic E-state index is 12.5. The van der Waals surface area contributed by atoms with E-state index in [9.17, 15) is 9.59 Å². The molecule has 4 heteroatoms. The zero-order valence-corrected chi connectivity index (χ0v) is 32.3. The van der Waals surface area contributed by atoms with Crippen molar-refractivity contribution in [3.05, 3.63) is 24.3 Å². The Labute approximate surface area is 299 Å². The third-order valence-corrected chi connectivity index (χ3v) is 9.68. The van der Waals surface area contributed by atoms with Crippen molar-refractivity contribution < 1.29 is 19.4 Å². The fourth-order valence-electron chi connectivity index (χ4n) is 6.52. The van der Waals surface area contributed by atoms with E-state index in [1.54, 1.807) is 0 Å². The molecular weight excluding hydrogens is 592 g/mol. The second-order valence-corrected chi connectivity index (χ2v) is 14.5. The second kappa shape index (κ2) is 39.9. The van der Waals surface area contributed by atoms with Gasteiger partial charge in [0.05, 0.1) is 0 Å². The van der Waals surface area contributed by atoms with E-state index in [4.69, 9.17) is 9.84 Å². The molecule has 1 unspecified atom stereocenters. The van der Waals surface area contributed by atoms with E-state index in [2.05, 4.69) is 38.2 Å². The molecule has 0 aromatic heterocycles. The SMILES string of the molecule is CCCCC/C=C\C/C=C\CCCCCCCCCC(=O)OC(CCCCCCCCCCCCCCCCCCC)CCCC(=O)O. The van der Waals surface area contributed by atoms with Gasteiger partial charge in [-0.2, -0.15) is 0 Å². The Balaban J connectivity index is 3.78. The van der Waals surface area contributed by atoms with Crippen LogP contribution in [0.5, 0.6) is 0 Å². The lowest BCUT2D eigenvalue weighted by Crippen LogP contribution is -2.18. The number of allylic oxidation sites excluding steroid dienone is 4. The zero-order valence-electron chi connectivity index (χ0n) is 32.3. The van der Waals surface area contributed by atoms with Crippen molar-refractivity contribution in [1.29, 1.82) is 0 Å². The quantitative estimate of drug-likeness (QED) is 0.0400. The summed E-state index contributed by atoms with van der Waals surface area (Å²) in [6.07, 6.45) is 50.6. The molecule has 0 radical (unpaired) electrons. The summed E-state index contributed by atoms with van der Waals surface area (Å²) in [5.74, 6) is -0.861. The Morgan fingerprint density at radius 1 is 0.458 bits per heavy atom. The van der Waals surface area contributed by atoms with Crippen LogP contribution >= 0.6 is 0 Å². The minimum absolute atomic E-state index is 0.0927. The van der Waals surface area contributed by atoms with Crippen LogP contribution < -0.4 is 0 Å². The van der Waals surface area contributed by atoms with E-state index in [0.29, 0.717) is 19.3 Å². The van der Waals surface area contributed by atoms with Gasteiger partial charge < -0.3 is 9.84 Å². The molecule has 0 saturated heterocycles. The summed E-state index contributed by atoms with van der Waals surface area (Å²) in [5.41, 5.74) is 0. The van der Waals surface area contributed by atoms with E-state index >= 15 is 0 Å². The van der Waals surface area contributed by atoms with E-state index in [-0.39, 0.29) is 18.5 Å². The van der Waals surface area contributed by atoms with Crippen LogP contribution in [0.2, 0.25) is 0 Å². The van der Waals surface area contributed by atoms with Gasteiger partial charge in [-0.05, 0) is 64.2 Å². The number of carbonyl (C=O) groups excluding carboxylic acids is 1. The average molecular weight is 675 g/mol. The minimum atomic E-state index is -0.768. The number of hydrogen-bond acceptors (Lipinski definition) is 3. The van der Waals surface area contributed by atoms with Crippen molar-refractivity contribution >= 4 is 11.9 Å². The Hall–Kier alpha value is -1.58. The molecule has 0 spiro atoms. The van der Waals surface area contributed by atoms with Crippen LogP contribution in [0.4, 0.5) is 0 Å². The topological polar surface area (TPSA) is 63.6 Å². The molecule has 4 nitrogen and oxygen atoms in total. The lowest BCUT2D eigenvalue weighted by atomic mass is 10.0. The lowest BCUT2D eigenvalue weighted by molar-refractivity contribution is -0.150. The van der Waals surface area contributed by atoms with Gasteiger partial charge in [0.1, 0.15) is 6.10 Å². The predicted molar refractivity (Wildman–Crippen MR) is 209 cm³/mol. The Bertz CT molecular complexity index is 727. The molecule has 48 heavy (non-hydrogen) atoms. The molecule has 0 amide bonds. The fraction of sp³-hybridized carbons (Fsp3) is 0.864. The van der Waals surface area contributed by atoms with Crippen LogP contribution in [0.1, 0.15) is 239 Å². The van der Waals surface area contributed by atoms with Crippen LogP contribution in [0.3, 0.4) is 0 Å². The highest BCUT2D eigenvalue weighted by atomic mass is 16.5. The Morgan fingerprint density at radius 3 is 1.31 bits per heavy atom. The normalized spacial score (nSPS) is 12.4.